The molecule has 0 bridgehead atoms. The Morgan fingerprint density at radius 2 is 1.89 bits per heavy atom. The molecule has 1 heterocycles. The van der Waals surface area contributed by atoms with Gasteiger partial charge in [-0.1, -0.05) is 42.5 Å². The fourth-order valence-electron chi connectivity index (χ4n) is 2.43. The zero-order chi connectivity index (χ0) is 13.2. The van der Waals surface area contributed by atoms with Crippen molar-refractivity contribution < 1.29 is 9.59 Å². The maximum absolute atomic E-state index is 12.5. The maximum Gasteiger partial charge on any atom is 0.195 e. The summed E-state index contributed by atoms with van der Waals surface area (Å²) in [5, 5.41) is 3.11. The molecule has 1 aliphatic rings. The minimum atomic E-state index is -0.222. The van der Waals surface area contributed by atoms with E-state index in [2.05, 4.69) is 5.32 Å². The molecular formula is C16H13NO2. The number of anilines is 1. The molecule has 0 aliphatic carbocycles. The maximum atomic E-state index is 12.5. The Morgan fingerprint density at radius 1 is 1.11 bits per heavy atom. The highest BCUT2D eigenvalue weighted by molar-refractivity contribution is 6.13. The summed E-state index contributed by atoms with van der Waals surface area (Å²) in [6.45, 7) is 0. The minimum absolute atomic E-state index is 0.0171. The highest BCUT2D eigenvalue weighted by atomic mass is 16.1. The van der Waals surface area contributed by atoms with Crippen molar-refractivity contribution in [1.82, 2.24) is 0 Å². The second-order valence-corrected chi connectivity index (χ2v) is 4.63. The van der Waals surface area contributed by atoms with Crippen molar-refractivity contribution in [3.05, 3.63) is 65.2 Å². The Balaban J connectivity index is 2.02. The molecule has 0 saturated carbocycles. The van der Waals surface area contributed by atoms with E-state index in [1.807, 2.05) is 30.3 Å². The van der Waals surface area contributed by atoms with Crippen molar-refractivity contribution in [2.24, 2.45) is 0 Å². The van der Waals surface area contributed by atoms with Gasteiger partial charge in [-0.3, -0.25) is 4.79 Å². The van der Waals surface area contributed by atoms with Crippen LogP contribution in [0.5, 0.6) is 0 Å². The number of hydrogen-bond acceptors (Lipinski definition) is 3. The third kappa shape index (κ3) is 2.03. The van der Waals surface area contributed by atoms with Gasteiger partial charge in [-0.15, -0.1) is 0 Å². The number of nitrogens with one attached hydrogen (secondary N) is 1. The van der Waals surface area contributed by atoms with Crippen LogP contribution in [-0.2, 0) is 11.2 Å². The van der Waals surface area contributed by atoms with Crippen LogP contribution >= 0.6 is 0 Å². The van der Waals surface area contributed by atoms with Crippen molar-refractivity contribution >= 4 is 17.8 Å². The molecule has 0 radical (unpaired) electrons. The molecule has 1 unspecified atom stereocenters. The van der Waals surface area contributed by atoms with E-state index in [4.69, 9.17) is 0 Å². The Bertz CT molecular complexity index is 634. The number of hydrogen-bond donors (Lipinski definition) is 1. The van der Waals surface area contributed by atoms with Gasteiger partial charge in [-0.05, 0) is 11.6 Å². The molecule has 1 N–H and O–H groups in total. The van der Waals surface area contributed by atoms with Crippen LogP contribution in [-0.4, -0.2) is 18.1 Å². The fourth-order valence-corrected chi connectivity index (χ4v) is 2.43. The lowest BCUT2D eigenvalue weighted by Crippen LogP contribution is -2.17. The first-order valence-electron chi connectivity index (χ1n) is 6.23. The third-order valence-corrected chi connectivity index (χ3v) is 3.37. The lowest BCUT2D eigenvalue weighted by atomic mass is 9.99. The second kappa shape index (κ2) is 4.69. The normalized spacial score (nSPS) is 16.5. The van der Waals surface area contributed by atoms with Crippen LogP contribution < -0.4 is 5.32 Å². The minimum Gasteiger partial charge on any atom is -0.374 e. The quantitative estimate of drug-likeness (QED) is 0.673. The summed E-state index contributed by atoms with van der Waals surface area (Å²) in [6, 6.07) is 14.6. The molecule has 0 saturated heterocycles. The molecule has 0 amide bonds. The van der Waals surface area contributed by atoms with Gasteiger partial charge in [0.2, 0.25) is 0 Å². The molecule has 1 aliphatic heterocycles. The predicted octanol–water partition coefficient (Wildman–Crippen LogP) is 2.45. The van der Waals surface area contributed by atoms with Crippen LogP contribution in [0.15, 0.2) is 48.5 Å². The van der Waals surface area contributed by atoms with E-state index in [9.17, 15) is 9.59 Å². The third-order valence-electron chi connectivity index (χ3n) is 3.37. The van der Waals surface area contributed by atoms with Gasteiger partial charge in [0.05, 0.1) is 6.04 Å². The number of rotatable bonds is 3. The number of ketones is 1. The summed E-state index contributed by atoms with van der Waals surface area (Å²) in [4.78, 5) is 23.4. The second-order valence-electron chi connectivity index (χ2n) is 4.63. The molecule has 0 spiro atoms. The van der Waals surface area contributed by atoms with Gasteiger partial charge in [-0.2, -0.15) is 0 Å². The summed E-state index contributed by atoms with van der Waals surface area (Å²) in [6.07, 6.45) is 1.53. The van der Waals surface area contributed by atoms with Crippen LogP contribution in [0, 0.1) is 0 Å². The number of fused-ring (bicyclic) bond motifs is 1. The SMILES string of the molecule is O=CC1Cc2cccc(C(=O)c3ccccc3)c2N1. The highest BCUT2D eigenvalue weighted by Gasteiger charge is 2.25. The van der Waals surface area contributed by atoms with E-state index in [1.165, 1.54) is 0 Å². The average molecular weight is 251 g/mol. The summed E-state index contributed by atoms with van der Waals surface area (Å²) < 4.78 is 0. The number of carbonyl (C=O) groups excluding carboxylic acids is 2. The van der Waals surface area contributed by atoms with E-state index in [1.54, 1.807) is 18.2 Å². The number of benzene rings is 2. The average Bonchev–Trinajstić information content (AvgIpc) is 2.90. The van der Waals surface area contributed by atoms with Gasteiger partial charge < -0.3 is 10.1 Å². The number of carbonyl (C=O) groups is 2. The zero-order valence-electron chi connectivity index (χ0n) is 10.3. The van der Waals surface area contributed by atoms with E-state index in [0.717, 1.165) is 17.5 Å². The molecule has 2 aromatic carbocycles. The standard InChI is InChI=1S/C16H13NO2/c18-10-13-9-12-7-4-8-14(15(12)17-13)16(19)11-5-2-1-3-6-11/h1-8,10,13,17H,9H2. The molecule has 1 atom stereocenters. The Morgan fingerprint density at radius 3 is 2.63 bits per heavy atom. The fraction of sp³-hybridized carbons (Fsp3) is 0.125. The van der Waals surface area contributed by atoms with Gasteiger partial charge in [0, 0.05) is 23.2 Å². The summed E-state index contributed by atoms with van der Waals surface area (Å²) >= 11 is 0. The molecule has 0 fully saturated rings. The topological polar surface area (TPSA) is 46.2 Å². The highest BCUT2D eigenvalue weighted by Crippen LogP contribution is 2.30. The summed E-state index contributed by atoms with van der Waals surface area (Å²) in [5.74, 6) is -0.0171. The summed E-state index contributed by atoms with van der Waals surface area (Å²) in [5.41, 5.74) is 3.12. The van der Waals surface area contributed by atoms with Gasteiger partial charge in [-0.25, -0.2) is 0 Å². The molecule has 19 heavy (non-hydrogen) atoms. The Kier molecular flexibility index (Phi) is 2.88. The van der Waals surface area contributed by atoms with E-state index in [0.29, 0.717) is 17.5 Å². The van der Waals surface area contributed by atoms with Crippen LogP contribution in [0.25, 0.3) is 0 Å². The molecular weight excluding hydrogens is 238 g/mol. The molecule has 3 nitrogen and oxygen atoms in total. The largest absolute Gasteiger partial charge is 0.374 e. The van der Waals surface area contributed by atoms with Crippen molar-refractivity contribution in [3.63, 3.8) is 0 Å². The van der Waals surface area contributed by atoms with Crippen LogP contribution in [0.4, 0.5) is 5.69 Å². The van der Waals surface area contributed by atoms with Crippen LogP contribution in [0.2, 0.25) is 0 Å². The smallest absolute Gasteiger partial charge is 0.195 e. The lowest BCUT2D eigenvalue weighted by Gasteiger charge is -2.08. The van der Waals surface area contributed by atoms with Crippen molar-refractivity contribution in [1.29, 1.82) is 0 Å². The van der Waals surface area contributed by atoms with Crippen LogP contribution in [0.1, 0.15) is 21.5 Å². The number of aldehydes is 1. The Labute approximate surface area is 111 Å². The van der Waals surface area contributed by atoms with Gasteiger partial charge in [0.1, 0.15) is 6.29 Å². The van der Waals surface area contributed by atoms with Crippen molar-refractivity contribution in [2.75, 3.05) is 5.32 Å². The first-order chi connectivity index (χ1) is 9.29. The van der Waals surface area contributed by atoms with Gasteiger partial charge in [0.15, 0.2) is 5.78 Å². The van der Waals surface area contributed by atoms with Crippen LogP contribution in [0.3, 0.4) is 0 Å². The summed E-state index contributed by atoms with van der Waals surface area (Å²) in [7, 11) is 0. The number of para-hydroxylation sites is 1. The first kappa shape index (κ1) is 11.7. The lowest BCUT2D eigenvalue weighted by molar-refractivity contribution is -0.108. The monoisotopic (exact) mass is 251 g/mol. The van der Waals surface area contributed by atoms with Crippen molar-refractivity contribution in [3.8, 4) is 0 Å². The molecule has 2 aromatic rings. The van der Waals surface area contributed by atoms with Gasteiger partial charge in [0.25, 0.3) is 0 Å². The van der Waals surface area contributed by atoms with Crippen molar-refractivity contribution in [2.45, 2.75) is 12.5 Å². The predicted molar refractivity (Wildman–Crippen MR) is 73.5 cm³/mol. The van der Waals surface area contributed by atoms with E-state index in [-0.39, 0.29) is 11.8 Å². The van der Waals surface area contributed by atoms with Gasteiger partial charge >= 0.3 is 0 Å². The Hall–Kier alpha value is -2.42. The van der Waals surface area contributed by atoms with E-state index < -0.39 is 0 Å². The molecule has 3 rings (SSSR count). The first-order valence-corrected chi connectivity index (χ1v) is 6.23. The zero-order valence-corrected chi connectivity index (χ0v) is 10.3. The molecule has 94 valence electrons. The molecule has 3 heteroatoms. The molecule has 0 aromatic heterocycles. The van der Waals surface area contributed by atoms with E-state index >= 15 is 0 Å².